The van der Waals surface area contributed by atoms with Gasteiger partial charge in [-0.1, -0.05) is 6.08 Å². The van der Waals surface area contributed by atoms with Gasteiger partial charge in [-0.2, -0.15) is 0 Å². The number of nitrogens with two attached hydrogens (primary N) is 1. The number of ether oxygens (including phenoxy) is 1. The van der Waals surface area contributed by atoms with Gasteiger partial charge in [0.05, 0.1) is 12.6 Å². The Morgan fingerprint density at radius 1 is 1.44 bits per heavy atom. The van der Waals surface area contributed by atoms with E-state index in [9.17, 15) is 15.0 Å². The van der Waals surface area contributed by atoms with E-state index in [-0.39, 0.29) is 6.54 Å². The molecule has 0 saturated carbocycles. The highest BCUT2D eigenvalue weighted by Gasteiger charge is 2.45. The van der Waals surface area contributed by atoms with Gasteiger partial charge in [0.15, 0.2) is 6.23 Å². The van der Waals surface area contributed by atoms with Crippen molar-refractivity contribution >= 4 is 6.09 Å². The van der Waals surface area contributed by atoms with E-state index in [1.54, 1.807) is 0 Å². The van der Waals surface area contributed by atoms with Crippen molar-refractivity contribution in [1.82, 2.24) is 4.90 Å². The number of carboxylic acid groups (broad SMARTS) is 1. The molecule has 18 heavy (non-hydrogen) atoms. The molecule has 1 rings (SSSR count). The van der Waals surface area contributed by atoms with Crippen LogP contribution in [0.3, 0.4) is 0 Å². The number of carbonyl (C=O) groups is 1. The first-order valence-corrected chi connectivity index (χ1v) is 5.42. The lowest BCUT2D eigenvalue weighted by Gasteiger charge is -2.44. The van der Waals surface area contributed by atoms with Crippen LogP contribution in [0.5, 0.6) is 0 Å². The van der Waals surface area contributed by atoms with Crippen LogP contribution >= 0.6 is 0 Å². The average molecular weight is 262 g/mol. The smallest absolute Gasteiger partial charge is 0.409 e. The molecule has 1 aliphatic heterocycles. The largest absolute Gasteiger partial charge is 0.465 e. The highest BCUT2D eigenvalue weighted by Crippen LogP contribution is 2.22. The second-order valence-electron chi connectivity index (χ2n) is 4.03. The van der Waals surface area contributed by atoms with Gasteiger partial charge in [0, 0.05) is 6.54 Å². The SMILES string of the molecule is C=CCN(C(=O)O)[C@@H]1O[C@H](CO)[C@@H](O)[C@H](O)[C@H]1N. The Morgan fingerprint density at radius 2 is 2.06 bits per heavy atom. The van der Waals surface area contributed by atoms with Crippen molar-refractivity contribution in [3.63, 3.8) is 0 Å². The third-order valence-electron chi connectivity index (χ3n) is 2.83. The predicted octanol–water partition coefficient (Wildman–Crippen LogP) is -2.08. The lowest BCUT2D eigenvalue weighted by atomic mass is 9.96. The van der Waals surface area contributed by atoms with E-state index in [1.165, 1.54) is 6.08 Å². The third-order valence-corrected chi connectivity index (χ3v) is 2.83. The standard InChI is InChI=1S/C10H18N2O6/c1-2-3-12(10(16)17)9-6(11)8(15)7(14)5(4-13)18-9/h2,5-9,13-15H,1,3-4,11H2,(H,16,17)/t5-,6-,7-,8-,9-/m1/s1. The number of aliphatic hydroxyl groups excluding tert-OH is 3. The Morgan fingerprint density at radius 3 is 2.50 bits per heavy atom. The fraction of sp³-hybridized carbons (Fsp3) is 0.700. The molecule has 0 bridgehead atoms. The molecule has 8 nitrogen and oxygen atoms in total. The molecule has 0 unspecified atom stereocenters. The van der Waals surface area contributed by atoms with Crippen LogP contribution in [0.4, 0.5) is 4.79 Å². The van der Waals surface area contributed by atoms with Crippen LogP contribution in [0, 0.1) is 0 Å². The molecule has 0 aromatic rings. The number of hydrogen-bond donors (Lipinski definition) is 5. The Balaban J connectivity index is 2.91. The maximum absolute atomic E-state index is 11.1. The van der Waals surface area contributed by atoms with E-state index in [1.807, 2.05) is 0 Å². The number of nitrogens with zero attached hydrogens (tertiary/aromatic N) is 1. The minimum Gasteiger partial charge on any atom is -0.465 e. The van der Waals surface area contributed by atoms with Crippen molar-refractivity contribution in [2.75, 3.05) is 13.2 Å². The summed E-state index contributed by atoms with van der Waals surface area (Å²) in [6, 6.07) is -1.11. The molecule has 5 atom stereocenters. The summed E-state index contributed by atoms with van der Waals surface area (Å²) >= 11 is 0. The summed E-state index contributed by atoms with van der Waals surface area (Å²) in [6.45, 7) is 2.81. The van der Waals surface area contributed by atoms with E-state index in [2.05, 4.69) is 6.58 Å². The van der Waals surface area contributed by atoms with Gasteiger partial charge < -0.3 is 30.9 Å². The summed E-state index contributed by atoms with van der Waals surface area (Å²) in [4.78, 5) is 11.9. The second kappa shape index (κ2) is 6.12. The molecule has 0 radical (unpaired) electrons. The Bertz CT molecular complexity index is 311. The van der Waals surface area contributed by atoms with E-state index in [0.29, 0.717) is 0 Å². The molecule has 1 heterocycles. The topological polar surface area (TPSA) is 136 Å². The Labute approximate surface area is 104 Å². The number of rotatable bonds is 4. The molecule has 8 heteroatoms. The van der Waals surface area contributed by atoms with Crippen LogP contribution in [0.25, 0.3) is 0 Å². The van der Waals surface area contributed by atoms with Crippen molar-refractivity contribution in [3.8, 4) is 0 Å². The molecule has 1 fully saturated rings. The molecule has 0 aromatic heterocycles. The van der Waals surface area contributed by atoms with E-state index < -0.39 is 43.3 Å². The zero-order valence-corrected chi connectivity index (χ0v) is 9.72. The lowest BCUT2D eigenvalue weighted by Crippen LogP contribution is -2.66. The number of amides is 1. The quantitative estimate of drug-likeness (QED) is 0.367. The molecule has 1 saturated heterocycles. The third kappa shape index (κ3) is 2.79. The van der Waals surface area contributed by atoms with Crippen molar-refractivity contribution in [3.05, 3.63) is 12.7 Å². The summed E-state index contributed by atoms with van der Waals surface area (Å²) in [5, 5.41) is 37.3. The Kier molecular flexibility index (Phi) is 5.05. The van der Waals surface area contributed by atoms with E-state index in [4.69, 9.17) is 20.7 Å². The molecule has 104 valence electrons. The first-order valence-electron chi connectivity index (χ1n) is 5.42. The van der Waals surface area contributed by atoms with Gasteiger partial charge in [-0.25, -0.2) is 4.79 Å². The zero-order valence-electron chi connectivity index (χ0n) is 9.72. The first kappa shape index (κ1) is 14.9. The van der Waals surface area contributed by atoms with Gasteiger partial charge in [0.25, 0.3) is 0 Å². The second-order valence-corrected chi connectivity index (χ2v) is 4.03. The maximum Gasteiger partial charge on any atom is 0.409 e. The number of hydrogen-bond acceptors (Lipinski definition) is 6. The minimum absolute atomic E-state index is 0.0470. The molecule has 6 N–H and O–H groups in total. The molecule has 0 spiro atoms. The summed E-state index contributed by atoms with van der Waals surface area (Å²) in [5.41, 5.74) is 5.64. The lowest BCUT2D eigenvalue weighted by molar-refractivity contribution is -0.218. The monoisotopic (exact) mass is 262 g/mol. The van der Waals surface area contributed by atoms with Crippen molar-refractivity contribution in [1.29, 1.82) is 0 Å². The molecule has 0 aromatic carbocycles. The van der Waals surface area contributed by atoms with Gasteiger partial charge in [0.2, 0.25) is 0 Å². The maximum atomic E-state index is 11.1. The van der Waals surface area contributed by atoms with Crippen LogP contribution in [-0.2, 0) is 4.74 Å². The van der Waals surface area contributed by atoms with Gasteiger partial charge in [-0.15, -0.1) is 6.58 Å². The Hall–Kier alpha value is -1.19. The van der Waals surface area contributed by atoms with Crippen LogP contribution in [0.2, 0.25) is 0 Å². The predicted molar refractivity (Wildman–Crippen MR) is 60.7 cm³/mol. The highest BCUT2D eigenvalue weighted by atomic mass is 16.5. The normalized spacial score (nSPS) is 36.1. The zero-order chi connectivity index (χ0) is 13.9. The fourth-order valence-corrected chi connectivity index (χ4v) is 1.83. The van der Waals surface area contributed by atoms with Crippen molar-refractivity contribution < 1.29 is 30.0 Å². The molecule has 1 aliphatic rings. The van der Waals surface area contributed by atoms with Crippen molar-refractivity contribution in [2.45, 2.75) is 30.6 Å². The minimum atomic E-state index is -1.38. The number of aliphatic hydroxyl groups is 3. The fourth-order valence-electron chi connectivity index (χ4n) is 1.83. The summed E-state index contributed by atoms with van der Waals surface area (Å²) in [7, 11) is 0. The van der Waals surface area contributed by atoms with Crippen LogP contribution < -0.4 is 5.73 Å². The first-order chi connectivity index (χ1) is 8.43. The highest BCUT2D eigenvalue weighted by molar-refractivity contribution is 5.65. The van der Waals surface area contributed by atoms with E-state index in [0.717, 1.165) is 4.90 Å². The molecule has 0 aliphatic carbocycles. The summed E-state index contributed by atoms with van der Waals surface area (Å²) in [5.74, 6) is 0. The molecular formula is C10H18N2O6. The van der Waals surface area contributed by atoms with Gasteiger partial charge in [-0.05, 0) is 0 Å². The van der Waals surface area contributed by atoms with Crippen LogP contribution in [0.15, 0.2) is 12.7 Å². The molecule has 1 amide bonds. The van der Waals surface area contributed by atoms with Crippen molar-refractivity contribution in [2.24, 2.45) is 5.73 Å². The van der Waals surface area contributed by atoms with Gasteiger partial charge in [0.1, 0.15) is 18.3 Å². The van der Waals surface area contributed by atoms with Gasteiger partial charge in [-0.3, -0.25) is 4.90 Å². The van der Waals surface area contributed by atoms with Gasteiger partial charge >= 0.3 is 6.09 Å². The van der Waals surface area contributed by atoms with Crippen LogP contribution in [0.1, 0.15) is 0 Å². The van der Waals surface area contributed by atoms with Crippen LogP contribution in [-0.4, -0.2) is 75.2 Å². The average Bonchev–Trinajstić information content (AvgIpc) is 2.34. The van der Waals surface area contributed by atoms with E-state index >= 15 is 0 Å². The molecular weight excluding hydrogens is 244 g/mol. The summed E-state index contributed by atoms with van der Waals surface area (Å²) < 4.78 is 5.22. The summed E-state index contributed by atoms with van der Waals surface area (Å²) in [6.07, 6.45) is -4.94.